The molecule has 0 amide bonds. The van der Waals surface area contributed by atoms with E-state index < -0.39 is 0 Å². The van der Waals surface area contributed by atoms with Crippen LogP contribution in [0.4, 0.5) is 5.69 Å². The van der Waals surface area contributed by atoms with Gasteiger partial charge in [-0.25, -0.2) is 0 Å². The van der Waals surface area contributed by atoms with Gasteiger partial charge in [0.15, 0.2) is 5.96 Å². The number of rotatable bonds is 6. The number of hydrogen-bond donors (Lipinski definition) is 2. The minimum absolute atomic E-state index is 0. The van der Waals surface area contributed by atoms with Crippen LogP contribution in [0.2, 0.25) is 0 Å². The van der Waals surface area contributed by atoms with E-state index in [1.807, 2.05) is 38.1 Å². The molecule has 3 N–H and O–H groups in total. The number of hydrogen-bond acceptors (Lipinski definition) is 3. The lowest BCUT2D eigenvalue weighted by Crippen LogP contribution is -2.30. The highest BCUT2D eigenvalue weighted by molar-refractivity contribution is 14.0. The highest BCUT2D eigenvalue weighted by Gasteiger charge is 2.15. The van der Waals surface area contributed by atoms with Gasteiger partial charge in [0.05, 0.1) is 6.10 Å². The lowest BCUT2D eigenvalue weighted by Gasteiger charge is -2.28. The van der Waals surface area contributed by atoms with Crippen molar-refractivity contribution < 1.29 is 4.74 Å². The molecule has 6 heteroatoms. The van der Waals surface area contributed by atoms with E-state index in [-0.39, 0.29) is 30.1 Å². The minimum atomic E-state index is 0. The molecule has 1 saturated heterocycles. The van der Waals surface area contributed by atoms with Crippen molar-refractivity contribution >= 4 is 35.6 Å². The number of guanidine groups is 1. The van der Waals surface area contributed by atoms with Gasteiger partial charge in [-0.15, -0.1) is 24.0 Å². The number of anilines is 1. The largest absolute Gasteiger partial charge is 0.491 e. The molecule has 0 bridgehead atoms. The van der Waals surface area contributed by atoms with Gasteiger partial charge in [-0.2, -0.15) is 0 Å². The van der Waals surface area contributed by atoms with E-state index >= 15 is 0 Å². The van der Waals surface area contributed by atoms with Crippen LogP contribution in [0.15, 0.2) is 29.3 Å². The number of likely N-dealkylation sites (tertiary alicyclic amines) is 1. The molecule has 1 aromatic carbocycles. The van der Waals surface area contributed by atoms with Crippen LogP contribution >= 0.6 is 24.0 Å². The van der Waals surface area contributed by atoms with Crippen LogP contribution < -0.4 is 15.8 Å². The second-order valence-electron chi connectivity index (χ2n) is 6.62. The number of nitrogens with one attached hydrogen (secondary N) is 1. The third-order valence-corrected chi connectivity index (χ3v) is 4.16. The number of nitrogens with zero attached hydrogens (tertiary/aromatic N) is 2. The zero-order valence-corrected chi connectivity index (χ0v) is 17.3. The SMILES string of the molecule is CC(C)Oc1ccc(NC(N)=NCCC2CCN(C)CC2)cc1.I. The third kappa shape index (κ3) is 7.70. The molecule has 0 aromatic heterocycles. The molecule has 0 saturated carbocycles. The van der Waals surface area contributed by atoms with Gasteiger partial charge in [-0.05, 0) is 83.4 Å². The van der Waals surface area contributed by atoms with Crippen molar-refractivity contribution in [3.05, 3.63) is 24.3 Å². The van der Waals surface area contributed by atoms with Crippen molar-refractivity contribution in [2.24, 2.45) is 16.6 Å². The fraction of sp³-hybridized carbons (Fsp3) is 0.611. The van der Waals surface area contributed by atoms with E-state index in [2.05, 4.69) is 22.3 Å². The summed E-state index contributed by atoms with van der Waals surface area (Å²) >= 11 is 0. The molecule has 1 aliphatic heterocycles. The summed E-state index contributed by atoms with van der Waals surface area (Å²) in [6, 6.07) is 7.79. The molecule has 1 aliphatic rings. The lowest BCUT2D eigenvalue weighted by atomic mass is 9.94. The Balaban J connectivity index is 0.00000288. The van der Waals surface area contributed by atoms with Gasteiger partial charge in [-0.3, -0.25) is 4.99 Å². The zero-order valence-electron chi connectivity index (χ0n) is 15.0. The third-order valence-electron chi connectivity index (χ3n) is 4.16. The Kier molecular flexibility index (Phi) is 9.43. The summed E-state index contributed by atoms with van der Waals surface area (Å²) in [5.74, 6) is 2.13. The van der Waals surface area contributed by atoms with E-state index in [4.69, 9.17) is 10.5 Å². The number of aliphatic imine (C=N–C) groups is 1. The maximum absolute atomic E-state index is 5.96. The van der Waals surface area contributed by atoms with Gasteiger partial charge in [-0.1, -0.05) is 0 Å². The molecule has 2 rings (SSSR count). The van der Waals surface area contributed by atoms with E-state index in [1.54, 1.807) is 0 Å². The Bertz CT molecular complexity index is 496. The van der Waals surface area contributed by atoms with Gasteiger partial charge in [0, 0.05) is 12.2 Å². The number of ether oxygens (including phenoxy) is 1. The highest BCUT2D eigenvalue weighted by atomic mass is 127. The van der Waals surface area contributed by atoms with E-state index in [0.29, 0.717) is 5.96 Å². The van der Waals surface area contributed by atoms with E-state index in [0.717, 1.165) is 30.3 Å². The number of benzene rings is 1. The van der Waals surface area contributed by atoms with Crippen molar-refractivity contribution in [1.82, 2.24) is 4.90 Å². The smallest absolute Gasteiger partial charge is 0.193 e. The maximum atomic E-state index is 5.96. The molecule has 0 unspecified atom stereocenters. The molecule has 1 fully saturated rings. The summed E-state index contributed by atoms with van der Waals surface area (Å²) in [6.07, 6.45) is 3.85. The molecule has 24 heavy (non-hydrogen) atoms. The number of piperidine rings is 1. The molecule has 0 radical (unpaired) electrons. The molecule has 136 valence electrons. The summed E-state index contributed by atoms with van der Waals surface area (Å²) in [7, 11) is 2.19. The first-order valence-electron chi connectivity index (χ1n) is 8.55. The van der Waals surface area contributed by atoms with Crippen molar-refractivity contribution in [2.45, 2.75) is 39.2 Å². The average Bonchev–Trinajstić information content (AvgIpc) is 2.51. The normalized spacial score (nSPS) is 16.8. The molecule has 1 aromatic rings. The molecule has 1 heterocycles. The lowest BCUT2D eigenvalue weighted by molar-refractivity contribution is 0.214. The topological polar surface area (TPSA) is 62.9 Å². The quantitative estimate of drug-likeness (QED) is 0.399. The fourth-order valence-corrected chi connectivity index (χ4v) is 2.79. The van der Waals surface area contributed by atoms with Crippen LogP contribution in [0.3, 0.4) is 0 Å². The van der Waals surface area contributed by atoms with Gasteiger partial charge < -0.3 is 20.7 Å². The first kappa shape index (κ1) is 21.0. The van der Waals surface area contributed by atoms with Gasteiger partial charge >= 0.3 is 0 Å². The second-order valence-corrected chi connectivity index (χ2v) is 6.62. The predicted molar refractivity (Wildman–Crippen MR) is 113 cm³/mol. The van der Waals surface area contributed by atoms with E-state index in [9.17, 15) is 0 Å². The average molecular weight is 446 g/mol. The van der Waals surface area contributed by atoms with Crippen LogP contribution in [-0.4, -0.2) is 43.6 Å². The fourth-order valence-electron chi connectivity index (χ4n) is 2.79. The molecule has 0 aliphatic carbocycles. The molecular formula is C18H31IN4O. The highest BCUT2D eigenvalue weighted by Crippen LogP contribution is 2.19. The number of nitrogens with two attached hydrogens (primary N) is 1. The first-order valence-corrected chi connectivity index (χ1v) is 8.55. The van der Waals surface area contributed by atoms with Crippen LogP contribution in [-0.2, 0) is 0 Å². The molecule has 0 spiro atoms. The summed E-state index contributed by atoms with van der Waals surface area (Å²) in [5, 5.41) is 3.13. The van der Waals surface area contributed by atoms with Crippen LogP contribution in [0.1, 0.15) is 33.1 Å². The molecular weight excluding hydrogens is 415 g/mol. The standard InChI is InChI=1S/C18H30N4O.HI/c1-14(2)23-17-6-4-16(5-7-17)21-18(19)20-11-8-15-9-12-22(3)13-10-15;/h4-7,14-15H,8-13H2,1-3H3,(H3,19,20,21);1H. The van der Waals surface area contributed by atoms with Crippen molar-refractivity contribution in [1.29, 1.82) is 0 Å². The van der Waals surface area contributed by atoms with Crippen molar-refractivity contribution in [2.75, 3.05) is 32.0 Å². The molecule has 0 atom stereocenters. The summed E-state index contributed by atoms with van der Waals surface area (Å²) in [4.78, 5) is 6.83. The predicted octanol–water partition coefficient (Wildman–Crippen LogP) is 3.55. The number of halogens is 1. The monoisotopic (exact) mass is 446 g/mol. The van der Waals surface area contributed by atoms with E-state index in [1.165, 1.54) is 25.9 Å². The van der Waals surface area contributed by atoms with Gasteiger partial charge in [0.1, 0.15) is 5.75 Å². The van der Waals surface area contributed by atoms with Crippen LogP contribution in [0, 0.1) is 5.92 Å². The summed E-state index contributed by atoms with van der Waals surface area (Å²) in [6.45, 7) is 7.23. The Labute approximate surface area is 163 Å². The second kappa shape index (κ2) is 10.8. The Morgan fingerprint density at radius 2 is 1.92 bits per heavy atom. The molecule has 5 nitrogen and oxygen atoms in total. The first-order chi connectivity index (χ1) is 11.0. The zero-order chi connectivity index (χ0) is 16.7. The minimum Gasteiger partial charge on any atom is -0.491 e. The van der Waals surface area contributed by atoms with Crippen molar-refractivity contribution in [3.63, 3.8) is 0 Å². The van der Waals surface area contributed by atoms with Crippen LogP contribution in [0.5, 0.6) is 5.75 Å². The summed E-state index contributed by atoms with van der Waals surface area (Å²) < 4.78 is 5.62. The van der Waals surface area contributed by atoms with Gasteiger partial charge in [0.25, 0.3) is 0 Å². The Morgan fingerprint density at radius 1 is 1.29 bits per heavy atom. The Morgan fingerprint density at radius 3 is 2.50 bits per heavy atom. The van der Waals surface area contributed by atoms with Crippen LogP contribution in [0.25, 0.3) is 0 Å². The van der Waals surface area contributed by atoms with Gasteiger partial charge in [0.2, 0.25) is 0 Å². The summed E-state index contributed by atoms with van der Waals surface area (Å²) in [5.41, 5.74) is 6.89. The Hall–Kier alpha value is -1.02. The van der Waals surface area contributed by atoms with Crippen molar-refractivity contribution in [3.8, 4) is 5.75 Å². The maximum Gasteiger partial charge on any atom is 0.193 e.